The van der Waals surface area contributed by atoms with E-state index in [0.29, 0.717) is 0 Å². The molecule has 1 aliphatic heterocycles. The fraction of sp³-hybridized carbons (Fsp3) is 0.240. The van der Waals surface area contributed by atoms with Crippen LogP contribution in [0.5, 0.6) is 0 Å². The van der Waals surface area contributed by atoms with Crippen LogP contribution in [0.3, 0.4) is 0 Å². The zero-order valence-electron chi connectivity index (χ0n) is 18.3. The van der Waals surface area contributed by atoms with E-state index in [1.165, 1.54) is 10.6 Å². The van der Waals surface area contributed by atoms with Gasteiger partial charge >= 0.3 is 0 Å². The van der Waals surface area contributed by atoms with Gasteiger partial charge < -0.3 is 15.2 Å². The highest BCUT2D eigenvalue weighted by Gasteiger charge is 2.53. The van der Waals surface area contributed by atoms with Crippen LogP contribution in [0.1, 0.15) is 25.5 Å². The van der Waals surface area contributed by atoms with E-state index in [-0.39, 0.29) is 23.6 Å². The average molecular weight is 428 g/mol. The second kappa shape index (κ2) is 7.17. The van der Waals surface area contributed by atoms with Crippen molar-refractivity contribution in [1.29, 1.82) is 0 Å². The number of pyridine rings is 1. The molecule has 3 heterocycles. The number of rotatable bonds is 3. The first kappa shape index (κ1) is 20.2. The molecular formula is C25H25N5O2. The largest absolute Gasteiger partial charge is 0.325 e. The second-order valence-corrected chi connectivity index (χ2v) is 8.91. The Morgan fingerprint density at radius 3 is 2.41 bits per heavy atom. The number of nitrogens with zero attached hydrogens (tertiary/aromatic N) is 4. The predicted molar refractivity (Wildman–Crippen MR) is 125 cm³/mol. The molecule has 4 aromatic rings. The molecule has 0 unspecified atom stereocenters. The number of carbonyl (C=O) groups excluding carboxylic acids is 1. The van der Waals surface area contributed by atoms with Gasteiger partial charge in [-0.1, -0.05) is 30.3 Å². The normalized spacial score (nSPS) is 20.2. The molecule has 2 aromatic carbocycles. The molecule has 2 atom stereocenters. The molecule has 1 amide bonds. The Morgan fingerprint density at radius 2 is 1.69 bits per heavy atom. The van der Waals surface area contributed by atoms with E-state index in [1.54, 1.807) is 30.2 Å². The topological polar surface area (TPSA) is 86.2 Å². The molecule has 1 saturated heterocycles. The molecule has 32 heavy (non-hydrogen) atoms. The van der Waals surface area contributed by atoms with E-state index in [4.69, 9.17) is 5.73 Å². The summed E-state index contributed by atoms with van der Waals surface area (Å²) < 4.78 is 3.31. The van der Waals surface area contributed by atoms with E-state index in [1.807, 2.05) is 67.3 Å². The van der Waals surface area contributed by atoms with Gasteiger partial charge in [0.1, 0.15) is 0 Å². The van der Waals surface area contributed by atoms with Crippen LogP contribution >= 0.6 is 0 Å². The van der Waals surface area contributed by atoms with Crippen LogP contribution in [0.4, 0.5) is 5.69 Å². The van der Waals surface area contributed by atoms with Crippen molar-refractivity contribution in [1.82, 2.24) is 14.3 Å². The van der Waals surface area contributed by atoms with Gasteiger partial charge in [0.15, 0.2) is 0 Å². The first-order chi connectivity index (χ1) is 15.3. The number of anilines is 1. The van der Waals surface area contributed by atoms with Gasteiger partial charge in [0.05, 0.1) is 28.9 Å². The van der Waals surface area contributed by atoms with Crippen LogP contribution in [0.2, 0.25) is 0 Å². The number of nitrogens with two attached hydrogens (primary N) is 1. The fourth-order valence-corrected chi connectivity index (χ4v) is 4.50. The number of benzene rings is 2. The minimum absolute atomic E-state index is 0.00338. The lowest BCUT2D eigenvalue weighted by atomic mass is 9.83. The van der Waals surface area contributed by atoms with Crippen LogP contribution in [0.15, 0.2) is 77.9 Å². The summed E-state index contributed by atoms with van der Waals surface area (Å²) in [5.74, 6) is 0.00338. The highest BCUT2D eigenvalue weighted by Crippen LogP contribution is 2.45. The molecular weight excluding hydrogens is 402 g/mol. The van der Waals surface area contributed by atoms with Crippen molar-refractivity contribution in [3.8, 4) is 5.69 Å². The second-order valence-electron chi connectivity index (χ2n) is 8.91. The van der Waals surface area contributed by atoms with Gasteiger partial charge in [0.25, 0.3) is 0 Å². The van der Waals surface area contributed by atoms with Gasteiger partial charge in [-0.05, 0) is 43.7 Å². The van der Waals surface area contributed by atoms with Crippen molar-refractivity contribution in [2.24, 2.45) is 18.2 Å². The summed E-state index contributed by atoms with van der Waals surface area (Å²) in [5, 5.41) is 5.41. The standard InChI is InChI=1S/C25H25N5O2/c1-25(2)23(26)22(16-7-5-4-6-8-16)29(24(25)32)18-9-11-20-17(13-18)14-27-30(20)19-10-12-21(31)28(3)15-19/h4-15,22-23H,26H2,1-3H3/t22-,23-/m0/s1. The Labute approximate surface area is 185 Å². The average Bonchev–Trinajstić information content (AvgIpc) is 3.28. The highest BCUT2D eigenvalue weighted by atomic mass is 16.2. The third-order valence-corrected chi connectivity index (χ3v) is 6.51. The van der Waals surface area contributed by atoms with Crippen molar-refractivity contribution < 1.29 is 4.79 Å². The zero-order chi connectivity index (χ0) is 22.6. The maximum Gasteiger partial charge on any atom is 0.250 e. The molecule has 0 radical (unpaired) electrons. The Balaban J connectivity index is 1.61. The number of hydrogen-bond donors (Lipinski definition) is 1. The van der Waals surface area contributed by atoms with Gasteiger partial charge in [0, 0.05) is 36.4 Å². The van der Waals surface area contributed by atoms with E-state index >= 15 is 0 Å². The lowest BCUT2D eigenvalue weighted by molar-refractivity contribution is -0.124. The minimum Gasteiger partial charge on any atom is -0.325 e. The quantitative estimate of drug-likeness (QED) is 0.544. The van der Waals surface area contributed by atoms with Crippen LogP contribution in [-0.4, -0.2) is 26.3 Å². The zero-order valence-corrected chi connectivity index (χ0v) is 18.3. The third-order valence-electron chi connectivity index (χ3n) is 6.51. The van der Waals surface area contributed by atoms with Crippen molar-refractivity contribution in [2.75, 3.05) is 4.90 Å². The molecule has 0 saturated carbocycles. The Hall–Kier alpha value is -3.71. The number of carbonyl (C=O) groups is 1. The van der Waals surface area contributed by atoms with E-state index in [2.05, 4.69) is 5.10 Å². The number of amides is 1. The first-order valence-electron chi connectivity index (χ1n) is 10.6. The van der Waals surface area contributed by atoms with E-state index in [0.717, 1.165) is 27.8 Å². The van der Waals surface area contributed by atoms with Gasteiger partial charge in [-0.15, -0.1) is 0 Å². The van der Waals surface area contributed by atoms with Crippen LogP contribution < -0.4 is 16.2 Å². The van der Waals surface area contributed by atoms with Crippen molar-refractivity contribution in [2.45, 2.75) is 25.9 Å². The Morgan fingerprint density at radius 1 is 0.969 bits per heavy atom. The van der Waals surface area contributed by atoms with Gasteiger partial charge in [0.2, 0.25) is 11.5 Å². The molecule has 7 nitrogen and oxygen atoms in total. The maximum absolute atomic E-state index is 13.4. The molecule has 0 bridgehead atoms. The Bertz CT molecular complexity index is 1390. The predicted octanol–water partition coefficient (Wildman–Crippen LogP) is 3.17. The monoisotopic (exact) mass is 427 g/mol. The van der Waals surface area contributed by atoms with E-state index in [9.17, 15) is 9.59 Å². The molecule has 2 aromatic heterocycles. The molecule has 0 spiro atoms. The SMILES string of the molecule is Cn1cc(-n2ncc3cc(N4C(=O)C(C)(C)[C@@H](N)[C@@H]4c4ccccc4)ccc32)ccc1=O. The molecule has 2 N–H and O–H groups in total. The van der Waals surface area contributed by atoms with Crippen molar-refractivity contribution in [3.63, 3.8) is 0 Å². The van der Waals surface area contributed by atoms with Crippen molar-refractivity contribution >= 4 is 22.5 Å². The third kappa shape index (κ3) is 2.97. The lowest BCUT2D eigenvalue weighted by Crippen LogP contribution is -2.38. The molecule has 0 aliphatic carbocycles. The summed E-state index contributed by atoms with van der Waals surface area (Å²) >= 11 is 0. The van der Waals surface area contributed by atoms with Crippen molar-refractivity contribution in [3.05, 3.63) is 89.0 Å². The highest BCUT2D eigenvalue weighted by molar-refractivity contribution is 6.03. The summed E-state index contributed by atoms with van der Waals surface area (Å²) in [4.78, 5) is 27.0. The first-order valence-corrected chi connectivity index (χ1v) is 10.6. The number of fused-ring (bicyclic) bond motifs is 1. The van der Waals surface area contributed by atoms with E-state index < -0.39 is 5.41 Å². The molecule has 1 fully saturated rings. The molecule has 162 valence electrons. The number of hydrogen-bond acceptors (Lipinski definition) is 4. The Kier molecular flexibility index (Phi) is 4.53. The lowest BCUT2D eigenvalue weighted by Gasteiger charge is -2.27. The summed E-state index contributed by atoms with van der Waals surface area (Å²) in [5.41, 5.74) is 9.34. The van der Waals surface area contributed by atoms with Crippen LogP contribution in [0.25, 0.3) is 16.6 Å². The number of aromatic nitrogens is 3. The molecule has 1 aliphatic rings. The summed E-state index contributed by atoms with van der Waals surface area (Å²) in [7, 11) is 1.71. The minimum atomic E-state index is -0.686. The number of aryl methyl sites for hydroxylation is 1. The fourth-order valence-electron chi connectivity index (χ4n) is 4.50. The maximum atomic E-state index is 13.4. The van der Waals surface area contributed by atoms with Gasteiger partial charge in [-0.3, -0.25) is 9.59 Å². The summed E-state index contributed by atoms with van der Waals surface area (Å²) in [6.45, 7) is 3.82. The smallest absolute Gasteiger partial charge is 0.250 e. The van der Waals surface area contributed by atoms with Gasteiger partial charge in [-0.25, -0.2) is 4.68 Å². The van der Waals surface area contributed by atoms with Crippen LogP contribution in [-0.2, 0) is 11.8 Å². The molecule has 7 heteroatoms. The molecule has 5 rings (SSSR count). The van der Waals surface area contributed by atoms with Gasteiger partial charge in [-0.2, -0.15) is 5.10 Å². The summed E-state index contributed by atoms with van der Waals surface area (Å²) in [6, 6.07) is 18.5. The summed E-state index contributed by atoms with van der Waals surface area (Å²) in [6.07, 6.45) is 3.52. The van der Waals surface area contributed by atoms with Crippen LogP contribution in [0, 0.1) is 5.41 Å².